The Morgan fingerprint density at radius 3 is 2.59 bits per heavy atom. The van der Waals surface area contributed by atoms with Crippen LogP contribution in [0.2, 0.25) is 0 Å². The molecule has 0 unspecified atom stereocenters. The highest BCUT2D eigenvalue weighted by atomic mass is 32.1. The summed E-state index contributed by atoms with van der Waals surface area (Å²) in [6, 6.07) is 12.5. The molecule has 2 aliphatic rings. The third-order valence-electron chi connectivity index (χ3n) is 6.89. The molecule has 3 aromatic heterocycles. The van der Waals surface area contributed by atoms with E-state index in [1.54, 1.807) is 29.4 Å². The van der Waals surface area contributed by atoms with Gasteiger partial charge in [0.25, 0.3) is 5.91 Å². The van der Waals surface area contributed by atoms with Crippen molar-refractivity contribution in [1.29, 1.82) is 0 Å². The van der Waals surface area contributed by atoms with Crippen LogP contribution in [0.15, 0.2) is 54.9 Å². The van der Waals surface area contributed by atoms with Crippen LogP contribution in [0, 0.1) is 6.92 Å². The highest BCUT2D eigenvalue weighted by Gasteiger charge is 2.35. The molecular formula is C28H26N6O4S. The zero-order valence-electron chi connectivity index (χ0n) is 21.4. The molecule has 39 heavy (non-hydrogen) atoms. The normalized spacial score (nSPS) is 18.1. The van der Waals surface area contributed by atoms with E-state index in [9.17, 15) is 14.4 Å². The number of urea groups is 1. The van der Waals surface area contributed by atoms with Gasteiger partial charge in [-0.2, -0.15) is 0 Å². The zero-order valence-corrected chi connectivity index (χ0v) is 22.2. The third-order valence-corrected chi connectivity index (χ3v) is 7.99. The topological polar surface area (TPSA) is 126 Å². The number of ether oxygens (including phenoxy) is 1. The quantitative estimate of drug-likeness (QED) is 0.305. The van der Waals surface area contributed by atoms with Crippen molar-refractivity contribution in [3.8, 4) is 11.6 Å². The van der Waals surface area contributed by atoms with Crippen LogP contribution in [-0.4, -0.2) is 39.9 Å². The van der Waals surface area contributed by atoms with E-state index in [-0.39, 0.29) is 23.9 Å². The summed E-state index contributed by atoms with van der Waals surface area (Å²) in [6.45, 7) is 3.38. The van der Waals surface area contributed by atoms with Crippen LogP contribution in [0.25, 0.3) is 10.2 Å². The van der Waals surface area contributed by atoms with Gasteiger partial charge in [-0.15, -0.1) is 11.3 Å². The van der Waals surface area contributed by atoms with Crippen molar-refractivity contribution in [2.24, 2.45) is 0 Å². The largest absolute Gasteiger partial charge is 0.439 e. The molecular weight excluding hydrogens is 516 g/mol. The monoisotopic (exact) mass is 542 g/mol. The molecule has 1 fully saturated rings. The smallest absolute Gasteiger partial charge is 0.331 e. The Morgan fingerprint density at radius 2 is 1.85 bits per heavy atom. The van der Waals surface area contributed by atoms with Gasteiger partial charge in [-0.3, -0.25) is 14.5 Å². The number of para-hydroxylation sites is 1. The lowest BCUT2D eigenvalue weighted by molar-refractivity contribution is -0.119. The summed E-state index contributed by atoms with van der Waals surface area (Å²) in [4.78, 5) is 49.7. The molecule has 1 aliphatic heterocycles. The maximum absolute atomic E-state index is 13.5. The number of hydrogen-bond donors (Lipinski definition) is 3. The number of nitrogens with zero attached hydrogens (tertiary/aromatic N) is 3. The molecule has 0 bridgehead atoms. The first-order valence-electron chi connectivity index (χ1n) is 12.7. The number of thiophene rings is 1. The number of carbonyl (C=O) groups is 3. The summed E-state index contributed by atoms with van der Waals surface area (Å²) < 4.78 is 5.85. The van der Waals surface area contributed by atoms with E-state index >= 15 is 0 Å². The highest BCUT2D eigenvalue weighted by molar-refractivity contribution is 7.21. The van der Waals surface area contributed by atoms with Gasteiger partial charge < -0.3 is 20.7 Å². The Hall–Kier alpha value is -4.51. The second-order valence-corrected chi connectivity index (χ2v) is 10.7. The molecule has 1 aromatic carbocycles. The minimum absolute atomic E-state index is 0.0522. The van der Waals surface area contributed by atoms with E-state index in [0.29, 0.717) is 50.2 Å². The van der Waals surface area contributed by atoms with Gasteiger partial charge in [0.05, 0.1) is 28.6 Å². The number of aromatic nitrogens is 2. The number of nitrogens with one attached hydrogen (secondary N) is 3. The van der Waals surface area contributed by atoms with Crippen LogP contribution in [-0.2, 0) is 4.79 Å². The van der Waals surface area contributed by atoms with Crippen molar-refractivity contribution in [1.82, 2.24) is 20.6 Å². The fraction of sp³-hybridized carbons (Fsp3) is 0.250. The lowest BCUT2D eigenvalue weighted by Gasteiger charge is -2.29. The number of hydrogen-bond acceptors (Lipinski definition) is 7. The van der Waals surface area contributed by atoms with Crippen LogP contribution >= 0.6 is 11.3 Å². The molecule has 0 radical (unpaired) electrons. The predicted octanol–water partition coefficient (Wildman–Crippen LogP) is 5.26. The molecule has 2 atom stereocenters. The number of carbonyl (C=O) groups excluding carboxylic acids is 3. The molecule has 1 saturated carbocycles. The van der Waals surface area contributed by atoms with Gasteiger partial charge in [0, 0.05) is 31.3 Å². The molecule has 4 heterocycles. The van der Waals surface area contributed by atoms with Gasteiger partial charge in [0.1, 0.15) is 15.5 Å². The molecule has 0 saturated heterocycles. The van der Waals surface area contributed by atoms with Gasteiger partial charge in [0.2, 0.25) is 11.8 Å². The summed E-state index contributed by atoms with van der Waals surface area (Å²) in [5, 5.41) is 9.62. The number of pyridine rings is 2. The van der Waals surface area contributed by atoms with E-state index in [1.165, 1.54) is 18.3 Å². The van der Waals surface area contributed by atoms with Crippen molar-refractivity contribution < 1.29 is 19.1 Å². The fourth-order valence-electron chi connectivity index (χ4n) is 5.19. The number of anilines is 3. The maximum atomic E-state index is 13.5. The molecule has 4 amide bonds. The van der Waals surface area contributed by atoms with Crippen molar-refractivity contribution in [2.45, 2.75) is 45.2 Å². The van der Waals surface area contributed by atoms with Crippen molar-refractivity contribution in [3.05, 3.63) is 65.3 Å². The standard InChI is InChI=1S/C28H26N6O4S/c1-15-12-22(38-19-6-4-3-5-7-19)30-14-21(15)34-20-10-11-29-27-23(20)24(33-28(34)37)25(39-27)26(36)32-18-9-8-17(13-18)31-16(2)35/h3-7,10-12,14,17-18H,8-9,13H2,1-2H3,(H,31,35)(H,32,36)(H,33,37)/t17-,18+/m0/s1. The second-order valence-electron chi connectivity index (χ2n) is 9.69. The molecule has 10 nitrogen and oxygen atoms in total. The first-order chi connectivity index (χ1) is 18.9. The summed E-state index contributed by atoms with van der Waals surface area (Å²) in [6.07, 6.45) is 5.50. The van der Waals surface area contributed by atoms with Crippen LogP contribution in [0.3, 0.4) is 0 Å². The molecule has 198 valence electrons. The Bertz CT molecular complexity index is 1600. The Kier molecular flexibility index (Phi) is 6.35. The van der Waals surface area contributed by atoms with Gasteiger partial charge in [-0.25, -0.2) is 14.8 Å². The van der Waals surface area contributed by atoms with Gasteiger partial charge >= 0.3 is 6.03 Å². The van der Waals surface area contributed by atoms with Gasteiger partial charge in [0.15, 0.2) is 0 Å². The van der Waals surface area contributed by atoms with E-state index < -0.39 is 6.03 Å². The highest BCUT2D eigenvalue weighted by Crippen LogP contribution is 2.46. The summed E-state index contributed by atoms with van der Waals surface area (Å²) in [5.74, 6) is 0.750. The van der Waals surface area contributed by atoms with Gasteiger partial charge in [-0.05, 0) is 49.9 Å². The average molecular weight is 543 g/mol. The molecule has 0 spiro atoms. The minimum Gasteiger partial charge on any atom is -0.439 e. The minimum atomic E-state index is -0.393. The predicted molar refractivity (Wildman–Crippen MR) is 149 cm³/mol. The lowest BCUT2D eigenvalue weighted by Crippen LogP contribution is -2.37. The molecule has 11 heteroatoms. The lowest BCUT2D eigenvalue weighted by atomic mass is 10.1. The Morgan fingerprint density at radius 1 is 1.08 bits per heavy atom. The van der Waals surface area contributed by atoms with Crippen LogP contribution in [0.4, 0.5) is 21.9 Å². The van der Waals surface area contributed by atoms with Crippen molar-refractivity contribution in [3.63, 3.8) is 0 Å². The molecule has 1 aliphatic carbocycles. The van der Waals surface area contributed by atoms with Crippen LogP contribution in [0.1, 0.15) is 41.4 Å². The second kappa shape index (κ2) is 9.99. The molecule has 3 N–H and O–H groups in total. The third kappa shape index (κ3) is 4.76. The number of benzene rings is 1. The SMILES string of the molecule is CC(=O)N[C@H]1CC[C@@H](NC(=O)c2sc3nccc4c3c2NC(=O)N4c2cnc(Oc3ccccc3)cc2C)C1. The van der Waals surface area contributed by atoms with E-state index in [2.05, 4.69) is 25.9 Å². The Labute approximate surface area is 228 Å². The maximum Gasteiger partial charge on any atom is 0.331 e. The number of amides is 4. The summed E-state index contributed by atoms with van der Waals surface area (Å²) >= 11 is 1.24. The number of aryl methyl sites for hydroxylation is 1. The van der Waals surface area contributed by atoms with E-state index in [0.717, 1.165) is 18.4 Å². The van der Waals surface area contributed by atoms with Crippen LogP contribution in [0.5, 0.6) is 11.6 Å². The first kappa shape index (κ1) is 24.8. The molecule has 6 rings (SSSR count). The first-order valence-corrected chi connectivity index (χ1v) is 13.5. The summed E-state index contributed by atoms with van der Waals surface area (Å²) in [5.41, 5.74) is 2.48. The molecule has 4 aromatic rings. The fourth-order valence-corrected chi connectivity index (χ4v) is 6.21. The van der Waals surface area contributed by atoms with E-state index in [4.69, 9.17) is 4.74 Å². The zero-order chi connectivity index (χ0) is 27.1. The van der Waals surface area contributed by atoms with Crippen molar-refractivity contribution >= 4 is 56.5 Å². The Balaban J connectivity index is 1.28. The average Bonchev–Trinajstić information content (AvgIpc) is 3.50. The van der Waals surface area contributed by atoms with Crippen molar-refractivity contribution in [2.75, 3.05) is 10.2 Å². The summed E-state index contributed by atoms with van der Waals surface area (Å²) in [7, 11) is 0. The van der Waals surface area contributed by atoms with Crippen LogP contribution < -0.4 is 25.6 Å². The number of rotatable bonds is 6. The van der Waals surface area contributed by atoms with Gasteiger partial charge in [-0.1, -0.05) is 18.2 Å². The van der Waals surface area contributed by atoms with E-state index in [1.807, 2.05) is 37.3 Å².